The molecular weight excluding hydrogens is 206 g/mol. The maximum absolute atomic E-state index is 10.9. The Morgan fingerprint density at radius 2 is 2.12 bits per heavy atom. The van der Waals surface area contributed by atoms with E-state index in [0.29, 0.717) is 12.0 Å². The van der Waals surface area contributed by atoms with E-state index in [0.717, 1.165) is 5.56 Å². The van der Waals surface area contributed by atoms with Crippen molar-refractivity contribution in [3.05, 3.63) is 39.4 Å². The van der Waals surface area contributed by atoms with Crippen LogP contribution in [-0.2, 0) is 0 Å². The number of aryl methyl sites for hydroxylation is 1. The molecule has 0 radical (unpaired) electrons. The van der Waals surface area contributed by atoms with Gasteiger partial charge in [0.2, 0.25) is 0 Å². The second-order valence-corrected chi connectivity index (χ2v) is 4.03. The first kappa shape index (κ1) is 12.6. The molecule has 1 aromatic carbocycles. The minimum Gasteiger partial charge on any atom is -0.393 e. The van der Waals surface area contributed by atoms with Crippen molar-refractivity contribution < 1.29 is 10.0 Å². The van der Waals surface area contributed by atoms with E-state index in [9.17, 15) is 15.2 Å². The van der Waals surface area contributed by atoms with E-state index >= 15 is 0 Å². The fourth-order valence-electron chi connectivity index (χ4n) is 1.96. The maximum Gasteiger partial charge on any atom is 0.273 e. The number of nitro benzene ring substituents is 1. The molecule has 0 fully saturated rings. The van der Waals surface area contributed by atoms with Crippen molar-refractivity contribution >= 4 is 5.69 Å². The zero-order chi connectivity index (χ0) is 12.3. The van der Waals surface area contributed by atoms with Crippen LogP contribution in [-0.4, -0.2) is 16.1 Å². The Balaban J connectivity index is 3.24. The highest BCUT2D eigenvalue weighted by atomic mass is 16.6. The third-order valence-electron chi connectivity index (χ3n) is 2.95. The van der Waals surface area contributed by atoms with Crippen molar-refractivity contribution in [3.8, 4) is 0 Å². The van der Waals surface area contributed by atoms with Gasteiger partial charge >= 0.3 is 0 Å². The zero-order valence-corrected chi connectivity index (χ0v) is 9.80. The largest absolute Gasteiger partial charge is 0.393 e. The van der Waals surface area contributed by atoms with E-state index < -0.39 is 6.10 Å². The van der Waals surface area contributed by atoms with E-state index in [1.807, 2.05) is 26.8 Å². The van der Waals surface area contributed by atoms with Gasteiger partial charge < -0.3 is 5.11 Å². The summed E-state index contributed by atoms with van der Waals surface area (Å²) < 4.78 is 0. The van der Waals surface area contributed by atoms with Gasteiger partial charge in [0.1, 0.15) is 0 Å². The second-order valence-electron chi connectivity index (χ2n) is 4.03. The second kappa shape index (κ2) is 5.07. The standard InChI is InChI=1S/C12H17NO3/c1-4-11(14)9(3)12-8(2)6-5-7-10(12)13(15)16/h5-7,9,11,14H,4H2,1-3H3. The summed E-state index contributed by atoms with van der Waals surface area (Å²) in [6.45, 7) is 5.52. The van der Waals surface area contributed by atoms with E-state index in [-0.39, 0.29) is 16.5 Å². The van der Waals surface area contributed by atoms with Gasteiger partial charge in [0.15, 0.2) is 0 Å². The molecule has 0 aliphatic rings. The van der Waals surface area contributed by atoms with Crippen LogP contribution in [0.1, 0.15) is 37.3 Å². The average molecular weight is 223 g/mol. The predicted molar refractivity (Wildman–Crippen MR) is 62.5 cm³/mol. The molecule has 0 aromatic heterocycles. The lowest BCUT2D eigenvalue weighted by atomic mass is 9.89. The molecule has 1 rings (SSSR count). The summed E-state index contributed by atoms with van der Waals surface area (Å²) in [4.78, 5) is 10.5. The Hall–Kier alpha value is -1.42. The Morgan fingerprint density at radius 3 is 2.62 bits per heavy atom. The summed E-state index contributed by atoms with van der Waals surface area (Å²) in [6.07, 6.45) is 0.0481. The van der Waals surface area contributed by atoms with E-state index in [1.54, 1.807) is 6.07 Å². The van der Waals surface area contributed by atoms with Crippen molar-refractivity contribution in [1.29, 1.82) is 0 Å². The van der Waals surface area contributed by atoms with Gasteiger partial charge in [-0.3, -0.25) is 10.1 Å². The molecular formula is C12H17NO3. The normalized spacial score (nSPS) is 14.5. The molecule has 2 unspecified atom stereocenters. The first-order valence-corrected chi connectivity index (χ1v) is 5.41. The number of aliphatic hydroxyl groups is 1. The summed E-state index contributed by atoms with van der Waals surface area (Å²) >= 11 is 0. The topological polar surface area (TPSA) is 63.4 Å². The molecule has 0 aliphatic carbocycles. The third kappa shape index (κ3) is 2.39. The maximum atomic E-state index is 10.9. The van der Waals surface area contributed by atoms with Gasteiger partial charge in [-0.25, -0.2) is 0 Å². The molecule has 2 atom stereocenters. The number of nitrogens with zero attached hydrogens (tertiary/aromatic N) is 1. The van der Waals surface area contributed by atoms with Crippen LogP contribution in [0.4, 0.5) is 5.69 Å². The van der Waals surface area contributed by atoms with Crippen molar-refractivity contribution in [2.45, 2.75) is 39.2 Å². The fourth-order valence-corrected chi connectivity index (χ4v) is 1.96. The van der Waals surface area contributed by atoms with Gasteiger partial charge in [0.25, 0.3) is 5.69 Å². The summed E-state index contributed by atoms with van der Waals surface area (Å²) in [7, 11) is 0. The number of rotatable bonds is 4. The van der Waals surface area contributed by atoms with E-state index in [4.69, 9.17) is 0 Å². The van der Waals surface area contributed by atoms with Gasteiger partial charge in [0.05, 0.1) is 11.0 Å². The number of benzene rings is 1. The number of hydrogen-bond donors (Lipinski definition) is 1. The van der Waals surface area contributed by atoms with Crippen LogP contribution < -0.4 is 0 Å². The summed E-state index contributed by atoms with van der Waals surface area (Å²) in [5.74, 6) is -0.216. The van der Waals surface area contributed by atoms with Crippen LogP contribution in [0.5, 0.6) is 0 Å². The van der Waals surface area contributed by atoms with Crippen molar-refractivity contribution in [3.63, 3.8) is 0 Å². The first-order valence-electron chi connectivity index (χ1n) is 5.41. The highest BCUT2D eigenvalue weighted by molar-refractivity contribution is 5.47. The molecule has 0 spiro atoms. The van der Waals surface area contributed by atoms with E-state index in [2.05, 4.69) is 0 Å². The summed E-state index contributed by atoms with van der Waals surface area (Å²) in [6, 6.07) is 4.99. The van der Waals surface area contributed by atoms with E-state index in [1.165, 1.54) is 6.07 Å². The molecule has 0 aliphatic heterocycles. The predicted octanol–water partition coefficient (Wildman–Crippen LogP) is 2.78. The molecule has 0 saturated heterocycles. The molecule has 4 nitrogen and oxygen atoms in total. The minimum absolute atomic E-state index is 0.0972. The van der Waals surface area contributed by atoms with Gasteiger partial charge in [-0.15, -0.1) is 0 Å². The lowest BCUT2D eigenvalue weighted by Gasteiger charge is -2.19. The Labute approximate surface area is 95.1 Å². The molecule has 88 valence electrons. The number of hydrogen-bond acceptors (Lipinski definition) is 3. The molecule has 4 heteroatoms. The molecule has 0 amide bonds. The lowest BCUT2D eigenvalue weighted by Crippen LogP contribution is -2.16. The molecule has 1 N–H and O–H groups in total. The van der Waals surface area contributed by atoms with Crippen LogP contribution in [0.3, 0.4) is 0 Å². The van der Waals surface area contributed by atoms with Crippen LogP contribution in [0, 0.1) is 17.0 Å². The SMILES string of the molecule is CCC(O)C(C)c1c(C)cccc1[N+](=O)[O-]. The molecule has 0 heterocycles. The van der Waals surface area contributed by atoms with Crippen LogP contribution in [0.15, 0.2) is 18.2 Å². The lowest BCUT2D eigenvalue weighted by molar-refractivity contribution is -0.385. The quantitative estimate of drug-likeness (QED) is 0.630. The van der Waals surface area contributed by atoms with Gasteiger partial charge in [-0.1, -0.05) is 26.0 Å². The third-order valence-corrected chi connectivity index (χ3v) is 2.95. The molecule has 0 bridgehead atoms. The van der Waals surface area contributed by atoms with Crippen LogP contribution >= 0.6 is 0 Å². The average Bonchev–Trinajstić information content (AvgIpc) is 2.26. The smallest absolute Gasteiger partial charge is 0.273 e. The molecule has 1 aromatic rings. The van der Waals surface area contributed by atoms with Crippen molar-refractivity contribution in [1.82, 2.24) is 0 Å². The summed E-state index contributed by atoms with van der Waals surface area (Å²) in [5.41, 5.74) is 1.59. The number of nitro groups is 1. The number of aliphatic hydroxyl groups excluding tert-OH is 1. The molecule has 0 saturated carbocycles. The van der Waals surface area contributed by atoms with Gasteiger partial charge in [-0.2, -0.15) is 0 Å². The van der Waals surface area contributed by atoms with Crippen molar-refractivity contribution in [2.75, 3.05) is 0 Å². The monoisotopic (exact) mass is 223 g/mol. The Kier molecular flexibility index (Phi) is 4.01. The van der Waals surface area contributed by atoms with Gasteiger partial charge in [-0.05, 0) is 18.9 Å². The Morgan fingerprint density at radius 1 is 1.50 bits per heavy atom. The first-order chi connectivity index (χ1) is 7.49. The minimum atomic E-state index is -0.542. The highest BCUT2D eigenvalue weighted by Gasteiger charge is 2.24. The Bertz CT molecular complexity index is 390. The zero-order valence-electron chi connectivity index (χ0n) is 9.80. The highest BCUT2D eigenvalue weighted by Crippen LogP contribution is 2.32. The summed E-state index contributed by atoms with van der Waals surface area (Å²) in [5, 5.41) is 20.7. The molecule has 16 heavy (non-hydrogen) atoms. The van der Waals surface area contributed by atoms with Crippen molar-refractivity contribution in [2.24, 2.45) is 0 Å². The van der Waals surface area contributed by atoms with Crippen LogP contribution in [0.25, 0.3) is 0 Å². The van der Waals surface area contributed by atoms with Crippen LogP contribution in [0.2, 0.25) is 0 Å². The fraction of sp³-hybridized carbons (Fsp3) is 0.500. The van der Waals surface area contributed by atoms with Gasteiger partial charge in [0, 0.05) is 17.5 Å².